The summed E-state index contributed by atoms with van der Waals surface area (Å²) in [6.45, 7) is 12.4. The molecule has 0 aliphatic carbocycles. The number of allylic oxidation sites excluding steroid dienone is 3. The van der Waals surface area contributed by atoms with Gasteiger partial charge in [0.25, 0.3) is 0 Å². The fraction of sp³-hybridized carbons (Fsp3) is 0.250. The first-order chi connectivity index (χ1) is 9.32. The number of hydrogen-bond acceptors (Lipinski definition) is 1. The van der Waals surface area contributed by atoms with Crippen LogP contribution in [-0.4, -0.2) is 6.18 Å². The van der Waals surface area contributed by atoms with Crippen molar-refractivity contribution >= 4 is 0 Å². The van der Waals surface area contributed by atoms with Crippen LogP contribution in [0.15, 0.2) is 60.9 Å². The fourth-order valence-corrected chi connectivity index (χ4v) is 1.29. The summed E-state index contributed by atoms with van der Waals surface area (Å²) in [6.07, 6.45) is -2.92. The van der Waals surface area contributed by atoms with Gasteiger partial charge < -0.3 is 4.74 Å². The van der Waals surface area contributed by atoms with E-state index >= 15 is 0 Å². The minimum Gasteiger partial charge on any atom is -0.458 e. The molecular weight excluding hydrogens is 265 g/mol. The van der Waals surface area contributed by atoms with Crippen molar-refractivity contribution in [3.8, 4) is 5.75 Å². The standard InChI is InChI=1S/C14H13F3O.C2H6/c1-4-12(14(15,16)17)9-11(3)18-13-7-5-6-10(2)8-13;1-2/h4-9H,1,3H2,2H3;1-2H3/b12-9+;. The molecule has 1 rings (SSSR count). The first kappa shape index (κ1) is 18.0. The molecule has 4 heteroatoms. The quantitative estimate of drug-likeness (QED) is 0.517. The maximum absolute atomic E-state index is 12.4. The molecule has 1 aromatic carbocycles. The van der Waals surface area contributed by atoms with Gasteiger partial charge in [0.1, 0.15) is 11.5 Å². The number of alkyl halides is 3. The maximum Gasteiger partial charge on any atom is 0.416 e. The Labute approximate surface area is 118 Å². The zero-order valence-corrected chi connectivity index (χ0v) is 11.9. The Morgan fingerprint density at radius 3 is 2.30 bits per heavy atom. The minimum absolute atomic E-state index is 0.0900. The van der Waals surface area contributed by atoms with Crippen molar-refractivity contribution in [2.75, 3.05) is 0 Å². The van der Waals surface area contributed by atoms with Gasteiger partial charge in [-0.25, -0.2) is 0 Å². The van der Waals surface area contributed by atoms with Crippen molar-refractivity contribution in [2.24, 2.45) is 0 Å². The molecule has 0 bridgehead atoms. The van der Waals surface area contributed by atoms with E-state index in [1.165, 1.54) is 0 Å². The molecule has 0 saturated carbocycles. The van der Waals surface area contributed by atoms with Gasteiger partial charge in [-0.15, -0.1) is 0 Å². The minimum atomic E-state index is -4.46. The molecule has 0 atom stereocenters. The number of aryl methyl sites for hydroxylation is 1. The molecule has 0 saturated heterocycles. The summed E-state index contributed by atoms with van der Waals surface area (Å²) in [6, 6.07) is 6.96. The molecule has 20 heavy (non-hydrogen) atoms. The molecule has 1 nitrogen and oxygen atoms in total. The molecule has 0 aromatic heterocycles. The van der Waals surface area contributed by atoms with E-state index < -0.39 is 11.7 Å². The second-order valence-electron chi connectivity index (χ2n) is 3.69. The third-order valence-corrected chi connectivity index (χ3v) is 2.10. The zero-order chi connectivity index (χ0) is 15.8. The molecule has 0 aliphatic rings. The van der Waals surface area contributed by atoms with Gasteiger partial charge in [0, 0.05) is 0 Å². The predicted octanol–water partition coefficient (Wildman–Crippen LogP) is 5.59. The predicted molar refractivity (Wildman–Crippen MR) is 76.6 cm³/mol. The average Bonchev–Trinajstić information content (AvgIpc) is 2.37. The SMILES string of the molecule is C=C/C(=C\C(=C)Oc1cccc(C)c1)C(F)(F)F.CC. The molecule has 1 aromatic rings. The van der Waals surface area contributed by atoms with Crippen LogP contribution in [0, 0.1) is 6.92 Å². The molecule has 0 N–H and O–H groups in total. The van der Waals surface area contributed by atoms with Crippen LogP contribution in [0.25, 0.3) is 0 Å². The van der Waals surface area contributed by atoms with Gasteiger partial charge in [-0.2, -0.15) is 13.2 Å². The van der Waals surface area contributed by atoms with Crippen LogP contribution in [0.2, 0.25) is 0 Å². The Hall–Kier alpha value is -1.97. The monoisotopic (exact) mass is 284 g/mol. The fourth-order valence-electron chi connectivity index (χ4n) is 1.29. The summed E-state index contributed by atoms with van der Waals surface area (Å²) >= 11 is 0. The number of benzene rings is 1. The third-order valence-electron chi connectivity index (χ3n) is 2.10. The number of halogens is 3. The lowest BCUT2D eigenvalue weighted by Gasteiger charge is -2.10. The molecule has 0 spiro atoms. The first-order valence-electron chi connectivity index (χ1n) is 6.17. The smallest absolute Gasteiger partial charge is 0.416 e. The molecule has 0 fully saturated rings. The van der Waals surface area contributed by atoms with E-state index in [2.05, 4.69) is 13.2 Å². The summed E-state index contributed by atoms with van der Waals surface area (Å²) in [7, 11) is 0. The summed E-state index contributed by atoms with van der Waals surface area (Å²) in [5.41, 5.74) is 0.0594. The number of ether oxygens (including phenoxy) is 1. The Morgan fingerprint density at radius 1 is 1.25 bits per heavy atom. The lowest BCUT2D eigenvalue weighted by Crippen LogP contribution is -2.10. The zero-order valence-electron chi connectivity index (χ0n) is 11.9. The Morgan fingerprint density at radius 2 is 1.85 bits per heavy atom. The van der Waals surface area contributed by atoms with Crippen LogP contribution in [-0.2, 0) is 0 Å². The van der Waals surface area contributed by atoms with E-state index in [9.17, 15) is 13.2 Å². The van der Waals surface area contributed by atoms with Gasteiger partial charge in [-0.05, 0) is 30.7 Å². The highest BCUT2D eigenvalue weighted by molar-refractivity contribution is 5.33. The highest BCUT2D eigenvalue weighted by atomic mass is 19.4. The van der Waals surface area contributed by atoms with Crippen LogP contribution < -0.4 is 4.74 Å². The third kappa shape index (κ3) is 6.27. The van der Waals surface area contributed by atoms with E-state index in [1.807, 2.05) is 26.8 Å². The van der Waals surface area contributed by atoms with Gasteiger partial charge in [0.15, 0.2) is 0 Å². The molecule has 0 unspecified atom stereocenters. The van der Waals surface area contributed by atoms with Gasteiger partial charge in [0.05, 0.1) is 5.57 Å². The number of rotatable bonds is 4. The van der Waals surface area contributed by atoms with Gasteiger partial charge in [-0.3, -0.25) is 0 Å². The molecule has 0 aliphatic heterocycles. The van der Waals surface area contributed by atoms with Crippen molar-refractivity contribution in [1.29, 1.82) is 0 Å². The lowest BCUT2D eigenvalue weighted by molar-refractivity contribution is -0.0883. The van der Waals surface area contributed by atoms with E-state index in [-0.39, 0.29) is 5.76 Å². The van der Waals surface area contributed by atoms with Gasteiger partial charge in [-0.1, -0.05) is 45.2 Å². The van der Waals surface area contributed by atoms with Gasteiger partial charge in [0.2, 0.25) is 0 Å². The summed E-state index contributed by atoms with van der Waals surface area (Å²) in [5, 5.41) is 0. The van der Waals surface area contributed by atoms with E-state index in [1.54, 1.807) is 18.2 Å². The summed E-state index contributed by atoms with van der Waals surface area (Å²) in [4.78, 5) is 0. The van der Waals surface area contributed by atoms with Crippen molar-refractivity contribution in [2.45, 2.75) is 26.9 Å². The summed E-state index contributed by atoms with van der Waals surface area (Å²) < 4.78 is 42.5. The second-order valence-corrected chi connectivity index (χ2v) is 3.69. The molecule has 0 amide bonds. The lowest BCUT2D eigenvalue weighted by atomic mass is 10.2. The Balaban J connectivity index is 0.00000172. The Kier molecular flexibility index (Phi) is 7.44. The van der Waals surface area contributed by atoms with Crippen molar-refractivity contribution in [3.05, 3.63) is 66.5 Å². The topological polar surface area (TPSA) is 9.23 Å². The highest BCUT2D eigenvalue weighted by Gasteiger charge is 2.31. The molecule has 0 heterocycles. The van der Waals surface area contributed by atoms with Crippen molar-refractivity contribution < 1.29 is 17.9 Å². The van der Waals surface area contributed by atoms with E-state index in [0.29, 0.717) is 5.75 Å². The molecular formula is C16H19F3O. The normalized spacial score (nSPS) is 11.2. The average molecular weight is 284 g/mol. The summed E-state index contributed by atoms with van der Waals surface area (Å²) in [5.74, 6) is 0.356. The Bertz CT molecular complexity index is 485. The van der Waals surface area contributed by atoms with Crippen LogP contribution in [0.5, 0.6) is 5.75 Å². The molecule has 110 valence electrons. The van der Waals surface area contributed by atoms with Gasteiger partial charge >= 0.3 is 6.18 Å². The largest absolute Gasteiger partial charge is 0.458 e. The molecule has 0 radical (unpaired) electrons. The number of hydrogen-bond donors (Lipinski definition) is 0. The highest BCUT2D eigenvalue weighted by Crippen LogP contribution is 2.27. The van der Waals surface area contributed by atoms with Crippen LogP contribution in [0.4, 0.5) is 13.2 Å². The van der Waals surface area contributed by atoms with Crippen molar-refractivity contribution in [1.82, 2.24) is 0 Å². The van der Waals surface area contributed by atoms with Crippen LogP contribution in [0.3, 0.4) is 0 Å². The van der Waals surface area contributed by atoms with Crippen LogP contribution in [0.1, 0.15) is 19.4 Å². The maximum atomic E-state index is 12.4. The van der Waals surface area contributed by atoms with Crippen molar-refractivity contribution in [3.63, 3.8) is 0 Å². The van der Waals surface area contributed by atoms with E-state index in [0.717, 1.165) is 17.7 Å². The first-order valence-corrected chi connectivity index (χ1v) is 6.17. The van der Waals surface area contributed by atoms with Crippen LogP contribution >= 0.6 is 0 Å². The second kappa shape index (κ2) is 8.25. The van der Waals surface area contributed by atoms with E-state index in [4.69, 9.17) is 4.74 Å².